The van der Waals surface area contributed by atoms with E-state index in [9.17, 15) is 37.5 Å². The van der Waals surface area contributed by atoms with Crippen LogP contribution < -0.4 is 15.8 Å². The summed E-state index contributed by atoms with van der Waals surface area (Å²) < 4.78 is 48.9. The van der Waals surface area contributed by atoms with E-state index in [-0.39, 0.29) is 83.6 Å². The van der Waals surface area contributed by atoms with Gasteiger partial charge in [-0.25, -0.2) is 4.79 Å². The number of aromatic hydroxyl groups is 1. The molecule has 1 spiro atoms. The first kappa shape index (κ1) is 39.7. The van der Waals surface area contributed by atoms with Gasteiger partial charge in [0.1, 0.15) is 17.8 Å². The number of anilines is 2. The number of piperidine rings is 1. The highest BCUT2D eigenvalue weighted by Crippen LogP contribution is 2.43. The van der Waals surface area contributed by atoms with Gasteiger partial charge in [0, 0.05) is 64.6 Å². The lowest BCUT2D eigenvalue weighted by Crippen LogP contribution is -2.51. The van der Waals surface area contributed by atoms with Gasteiger partial charge < -0.3 is 39.3 Å². The van der Waals surface area contributed by atoms with Gasteiger partial charge in [-0.3, -0.25) is 19.5 Å². The number of alkyl halides is 3. The largest absolute Gasteiger partial charge is 0.504 e. The maximum Gasteiger partial charge on any atom is 0.416 e. The number of urea groups is 1. The molecule has 4 amide bonds. The van der Waals surface area contributed by atoms with Gasteiger partial charge in [-0.15, -0.1) is 5.10 Å². The van der Waals surface area contributed by atoms with Crippen molar-refractivity contribution in [3.8, 4) is 17.1 Å². The number of carbonyl (C=O) groups excluding carboxylic acids is 3. The molecular formula is C38H39ClF3N11O6. The van der Waals surface area contributed by atoms with Crippen LogP contribution in [0.5, 0.6) is 5.75 Å². The summed E-state index contributed by atoms with van der Waals surface area (Å²) in [5.41, 5.74) is -0.351. The minimum atomic E-state index is -4.64. The molecule has 59 heavy (non-hydrogen) atoms. The van der Waals surface area contributed by atoms with Gasteiger partial charge in [-0.05, 0) is 62.2 Å². The lowest BCUT2D eigenvalue weighted by molar-refractivity contribution is -0.137. The second kappa shape index (κ2) is 14.9. The van der Waals surface area contributed by atoms with Crippen molar-refractivity contribution in [3.63, 3.8) is 0 Å². The average molecular weight is 838 g/mol. The molecule has 2 aromatic carbocycles. The number of likely N-dealkylation sites (tertiary alicyclic amines) is 1. The number of nitrogens with zero attached hydrogens (tertiary/aromatic N) is 9. The zero-order valence-corrected chi connectivity index (χ0v) is 32.9. The number of carbonyl (C=O) groups is 3. The molecule has 0 saturated carbocycles. The van der Waals surface area contributed by atoms with E-state index >= 15 is 0 Å². The van der Waals surface area contributed by atoms with Gasteiger partial charge in [-0.2, -0.15) is 27.8 Å². The van der Waals surface area contributed by atoms with Gasteiger partial charge in [0.2, 0.25) is 11.7 Å². The molecule has 0 bridgehead atoms. The molecule has 0 aliphatic carbocycles. The van der Waals surface area contributed by atoms with Crippen LogP contribution in [-0.2, 0) is 34.5 Å². The fourth-order valence-electron chi connectivity index (χ4n) is 7.86. The number of fused-ring (bicyclic) bond motifs is 3. The number of aryl methyl sites for hydroxylation is 1. The van der Waals surface area contributed by atoms with Gasteiger partial charge in [0.25, 0.3) is 11.5 Å². The summed E-state index contributed by atoms with van der Waals surface area (Å²) in [5.74, 6) is -1.15. The van der Waals surface area contributed by atoms with E-state index < -0.39 is 41.3 Å². The molecule has 8 rings (SSSR count). The molecule has 6 heterocycles. The zero-order valence-electron chi connectivity index (χ0n) is 32.1. The summed E-state index contributed by atoms with van der Waals surface area (Å²) in [4.78, 5) is 65.6. The first-order valence-electron chi connectivity index (χ1n) is 18.7. The van der Waals surface area contributed by atoms with Crippen LogP contribution in [-0.4, -0.2) is 120 Å². The van der Waals surface area contributed by atoms with Crippen molar-refractivity contribution in [2.75, 3.05) is 63.6 Å². The Morgan fingerprint density at radius 2 is 1.71 bits per heavy atom. The van der Waals surface area contributed by atoms with Crippen LogP contribution in [0.3, 0.4) is 0 Å². The fraction of sp³-hybridized carbons (Fsp3) is 0.395. The summed E-state index contributed by atoms with van der Waals surface area (Å²) in [6.07, 6.45) is -4.23. The monoisotopic (exact) mass is 837 g/mol. The second-order valence-electron chi connectivity index (χ2n) is 14.9. The Hall–Kier alpha value is -6.15. The number of piperazine rings is 1. The van der Waals surface area contributed by atoms with E-state index in [0.717, 1.165) is 28.4 Å². The highest BCUT2D eigenvalue weighted by Gasteiger charge is 2.48. The van der Waals surface area contributed by atoms with E-state index in [1.54, 1.807) is 30.8 Å². The average Bonchev–Trinajstić information content (AvgIpc) is 3.92. The molecular weight excluding hydrogens is 799 g/mol. The van der Waals surface area contributed by atoms with Crippen LogP contribution in [0.1, 0.15) is 45.8 Å². The summed E-state index contributed by atoms with van der Waals surface area (Å²) in [5, 5.41) is 23.7. The van der Waals surface area contributed by atoms with Gasteiger partial charge in [-0.1, -0.05) is 11.6 Å². The molecule has 310 valence electrons. The standard InChI is InChI=1S/C38H39ClF3N11O6/c1-21-31(55)30(46-45-21)34(57)50-12-10-37(11-13-50)29-27(20-59-37)52(19-28(54)43-26-9-6-23(18-25(26)39)38(40,41)42)35-44-32(47-53(35)33(29)56)22-4-7-24(8-5-22)49-14-16-51(17-15-49)36(58)48(2)3/h4-9,18,55H,10-17,19-20H2,1-3H3,(H,43,54)(H,45,46). The first-order chi connectivity index (χ1) is 28.0. The normalized spacial score (nSPS) is 16.5. The second-order valence-corrected chi connectivity index (χ2v) is 15.3. The lowest BCUT2D eigenvalue weighted by atomic mass is 9.85. The van der Waals surface area contributed by atoms with E-state index in [1.807, 2.05) is 24.3 Å². The molecule has 3 aromatic heterocycles. The Bertz CT molecular complexity index is 2540. The SMILES string of the molecule is Cc1n[nH]c(C(=O)N2CCC3(CC2)OCc2c3c(=O)n3nc(-c4ccc(N5CCN(C(=O)N(C)C)CC5)cc4)nc3n2CC(=O)Nc2ccc(C(F)(F)F)cc2Cl)c1O. The number of aromatic nitrogens is 6. The molecule has 0 atom stereocenters. The summed E-state index contributed by atoms with van der Waals surface area (Å²) in [6.45, 7) is 3.76. The molecule has 21 heteroatoms. The van der Waals surface area contributed by atoms with Crippen molar-refractivity contribution in [2.24, 2.45) is 0 Å². The number of ether oxygens (including phenoxy) is 1. The van der Waals surface area contributed by atoms with Crippen LogP contribution >= 0.6 is 11.6 Å². The maximum atomic E-state index is 14.5. The quantitative estimate of drug-likeness (QED) is 0.225. The highest BCUT2D eigenvalue weighted by molar-refractivity contribution is 6.33. The van der Waals surface area contributed by atoms with Gasteiger partial charge in [0.05, 0.1) is 34.1 Å². The third kappa shape index (κ3) is 7.19. The van der Waals surface area contributed by atoms with Crippen LogP contribution in [0.4, 0.5) is 29.3 Å². The van der Waals surface area contributed by atoms with Gasteiger partial charge in [0.15, 0.2) is 17.3 Å². The van der Waals surface area contributed by atoms with Crippen molar-refractivity contribution >= 4 is 46.6 Å². The van der Waals surface area contributed by atoms with Crippen molar-refractivity contribution in [1.82, 2.24) is 44.1 Å². The zero-order chi connectivity index (χ0) is 42.0. The number of amides is 4. The minimum Gasteiger partial charge on any atom is -0.504 e. The van der Waals surface area contributed by atoms with E-state index in [2.05, 4.69) is 25.5 Å². The Morgan fingerprint density at radius 3 is 2.32 bits per heavy atom. The number of benzene rings is 2. The number of rotatable bonds is 6. The molecule has 3 aliphatic rings. The van der Waals surface area contributed by atoms with E-state index in [4.69, 9.17) is 21.3 Å². The Labute approximate surface area is 338 Å². The predicted octanol–water partition coefficient (Wildman–Crippen LogP) is 4.07. The smallest absolute Gasteiger partial charge is 0.416 e. The summed E-state index contributed by atoms with van der Waals surface area (Å²) in [6, 6.07) is 9.99. The van der Waals surface area contributed by atoms with Crippen molar-refractivity contribution < 1.29 is 37.4 Å². The number of hydrogen-bond donors (Lipinski definition) is 3. The van der Waals surface area contributed by atoms with Gasteiger partial charge >= 0.3 is 12.2 Å². The molecule has 0 unspecified atom stereocenters. The summed E-state index contributed by atoms with van der Waals surface area (Å²) >= 11 is 6.16. The minimum absolute atomic E-state index is 0.0292. The summed E-state index contributed by atoms with van der Waals surface area (Å²) in [7, 11) is 3.44. The van der Waals surface area contributed by atoms with Crippen molar-refractivity contribution in [3.05, 3.63) is 86.0 Å². The van der Waals surface area contributed by atoms with Crippen molar-refractivity contribution in [1.29, 1.82) is 0 Å². The van der Waals surface area contributed by atoms with E-state index in [1.165, 1.54) is 9.47 Å². The first-order valence-corrected chi connectivity index (χ1v) is 19.1. The van der Waals surface area contributed by atoms with Crippen LogP contribution in [0, 0.1) is 6.92 Å². The highest BCUT2D eigenvalue weighted by atomic mass is 35.5. The number of aromatic amines is 1. The molecule has 3 aliphatic heterocycles. The van der Waals surface area contributed by atoms with Crippen molar-refractivity contribution in [2.45, 2.75) is 44.7 Å². The maximum absolute atomic E-state index is 14.5. The molecule has 17 nitrogen and oxygen atoms in total. The predicted molar refractivity (Wildman–Crippen MR) is 207 cm³/mol. The van der Waals surface area contributed by atoms with Crippen LogP contribution in [0.25, 0.3) is 17.2 Å². The lowest BCUT2D eigenvalue weighted by Gasteiger charge is -2.38. The topological polar surface area (TPSA) is 187 Å². The molecule has 5 aromatic rings. The molecule has 2 fully saturated rings. The molecule has 3 N–H and O–H groups in total. The third-order valence-electron chi connectivity index (χ3n) is 11.1. The molecule has 2 saturated heterocycles. The molecule has 0 radical (unpaired) electrons. The Kier molecular flexibility index (Phi) is 10.0. The number of nitrogens with one attached hydrogen (secondary N) is 2. The fourth-order valence-corrected chi connectivity index (χ4v) is 8.09. The number of hydrogen-bond acceptors (Lipinski definition) is 10. The third-order valence-corrected chi connectivity index (χ3v) is 11.4. The van der Waals surface area contributed by atoms with Crippen LogP contribution in [0.2, 0.25) is 5.02 Å². The Morgan fingerprint density at radius 1 is 1.02 bits per heavy atom. The number of halogens is 4. The van der Waals surface area contributed by atoms with Crippen LogP contribution in [0.15, 0.2) is 47.3 Å². The number of H-pyrrole nitrogens is 1. The van der Waals surface area contributed by atoms with E-state index in [0.29, 0.717) is 37.4 Å². The Balaban J connectivity index is 1.11.